The highest BCUT2D eigenvalue weighted by molar-refractivity contribution is 5.26. The van der Waals surface area contributed by atoms with E-state index in [1.165, 1.54) is 12.1 Å². The van der Waals surface area contributed by atoms with Gasteiger partial charge in [0.15, 0.2) is 0 Å². The van der Waals surface area contributed by atoms with Crippen molar-refractivity contribution < 1.29 is 8.81 Å². The summed E-state index contributed by atoms with van der Waals surface area (Å²) in [6.07, 6.45) is 3.65. The van der Waals surface area contributed by atoms with Crippen molar-refractivity contribution in [3.8, 4) is 0 Å². The number of aromatic nitrogens is 2. The van der Waals surface area contributed by atoms with Crippen LogP contribution >= 0.6 is 0 Å². The van der Waals surface area contributed by atoms with Crippen LogP contribution in [0.5, 0.6) is 0 Å². The smallest absolute Gasteiger partial charge is 0.130 e. The van der Waals surface area contributed by atoms with Gasteiger partial charge in [0, 0.05) is 19.4 Å². The molecule has 0 bridgehead atoms. The normalized spacial score (nSPS) is 12.5. The highest BCUT2D eigenvalue weighted by atomic mass is 19.1. The zero-order valence-corrected chi connectivity index (χ0v) is 12.6. The van der Waals surface area contributed by atoms with Crippen molar-refractivity contribution in [3.05, 3.63) is 77.5 Å². The largest absolute Gasteiger partial charge is 0.465 e. The third kappa shape index (κ3) is 3.09. The summed E-state index contributed by atoms with van der Waals surface area (Å²) >= 11 is 0. The van der Waals surface area contributed by atoms with Crippen LogP contribution in [0.15, 0.2) is 53.2 Å². The van der Waals surface area contributed by atoms with Crippen LogP contribution in [-0.2, 0) is 13.6 Å². The van der Waals surface area contributed by atoms with E-state index >= 15 is 0 Å². The van der Waals surface area contributed by atoms with E-state index in [9.17, 15) is 4.39 Å². The van der Waals surface area contributed by atoms with E-state index in [1.54, 1.807) is 18.3 Å². The number of furan rings is 1. The third-order valence-electron chi connectivity index (χ3n) is 3.60. The SMILES string of the molecule is Cc1ccc(CN[C@@H](c2ccc(F)cc2)c2nccn2C)o1. The standard InChI is InChI=1S/C17H18FN3O/c1-12-3-8-15(22-12)11-20-16(17-19-9-10-21(17)2)13-4-6-14(18)7-5-13/h3-10,16,20H,11H2,1-2H3/t16-/m0/s1. The molecule has 0 spiro atoms. The Kier molecular flexibility index (Phi) is 4.06. The topological polar surface area (TPSA) is 43.0 Å². The molecule has 0 saturated carbocycles. The molecular weight excluding hydrogens is 281 g/mol. The monoisotopic (exact) mass is 299 g/mol. The van der Waals surface area contributed by atoms with Gasteiger partial charge >= 0.3 is 0 Å². The van der Waals surface area contributed by atoms with Gasteiger partial charge in [-0.15, -0.1) is 0 Å². The van der Waals surface area contributed by atoms with Crippen LogP contribution in [0.25, 0.3) is 0 Å². The molecule has 1 aromatic carbocycles. The van der Waals surface area contributed by atoms with E-state index in [4.69, 9.17) is 4.42 Å². The molecule has 0 amide bonds. The van der Waals surface area contributed by atoms with E-state index in [2.05, 4.69) is 10.3 Å². The fourth-order valence-corrected chi connectivity index (χ4v) is 2.45. The highest BCUT2D eigenvalue weighted by Gasteiger charge is 2.18. The van der Waals surface area contributed by atoms with Gasteiger partial charge in [-0.3, -0.25) is 5.32 Å². The first-order chi connectivity index (χ1) is 10.6. The quantitative estimate of drug-likeness (QED) is 0.785. The molecule has 0 saturated heterocycles. The Morgan fingerprint density at radius 2 is 2.00 bits per heavy atom. The maximum atomic E-state index is 13.2. The van der Waals surface area contributed by atoms with Crippen LogP contribution in [0.2, 0.25) is 0 Å². The Balaban J connectivity index is 1.86. The van der Waals surface area contributed by atoms with Gasteiger partial charge in [0.1, 0.15) is 23.2 Å². The van der Waals surface area contributed by atoms with Gasteiger partial charge in [-0.25, -0.2) is 9.37 Å². The number of aryl methyl sites for hydroxylation is 2. The second-order valence-corrected chi connectivity index (χ2v) is 5.27. The molecule has 0 radical (unpaired) electrons. The fourth-order valence-electron chi connectivity index (χ4n) is 2.45. The van der Waals surface area contributed by atoms with Crippen molar-refractivity contribution in [1.29, 1.82) is 0 Å². The second-order valence-electron chi connectivity index (χ2n) is 5.27. The summed E-state index contributed by atoms with van der Waals surface area (Å²) in [4.78, 5) is 4.41. The molecule has 0 aliphatic rings. The number of halogens is 1. The van der Waals surface area contributed by atoms with Gasteiger partial charge in [-0.1, -0.05) is 12.1 Å². The number of benzene rings is 1. The summed E-state index contributed by atoms with van der Waals surface area (Å²) in [6.45, 7) is 2.49. The minimum Gasteiger partial charge on any atom is -0.465 e. The number of hydrogen-bond donors (Lipinski definition) is 1. The first-order valence-electron chi connectivity index (χ1n) is 7.15. The van der Waals surface area contributed by atoms with E-state index in [-0.39, 0.29) is 11.9 Å². The average molecular weight is 299 g/mol. The molecule has 0 aliphatic carbocycles. The van der Waals surface area contributed by atoms with E-state index in [0.717, 1.165) is 22.9 Å². The molecule has 3 aromatic rings. The predicted octanol–water partition coefficient (Wildman–Crippen LogP) is 3.34. The van der Waals surface area contributed by atoms with Crippen LogP contribution in [0.3, 0.4) is 0 Å². The van der Waals surface area contributed by atoms with Gasteiger partial charge in [0.05, 0.1) is 12.6 Å². The van der Waals surface area contributed by atoms with Crippen molar-refractivity contribution >= 4 is 0 Å². The molecule has 0 aliphatic heterocycles. The van der Waals surface area contributed by atoms with Crippen LogP contribution in [-0.4, -0.2) is 9.55 Å². The summed E-state index contributed by atoms with van der Waals surface area (Å²) in [5, 5.41) is 3.43. The Hall–Kier alpha value is -2.40. The molecule has 2 aromatic heterocycles. The number of rotatable bonds is 5. The number of hydrogen-bond acceptors (Lipinski definition) is 3. The average Bonchev–Trinajstić information content (AvgIpc) is 3.10. The Morgan fingerprint density at radius 1 is 1.23 bits per heavy atom. The molecule has 0 fully saturated rings. The van der Waals surface area contributed by atoms with E-state index in [0.29, 0.717) is 6.54 Å². The summed E-state index contributed by atoms with van der Waals surface area (Å²) in [7, 11) is 1.94. The maximum absolute atomic E-state index is 13.2. The van der Waals surface area contributed by atoms with Gasteiger partial charge in [0.25, 0.3) is 0 Å². The number of imidazole rings is 1. The number of nitrogens with one attached hydrogen (secondary N) is 1. The minimum atomic E-state index is -0.246. The summed E-state index contributed by atoms with van der Waals surface area (Å²) in [6, 6.07) is 10.2. The molecule has 5 heteroatoms. The Labute approximate surface area is 128 Å². The molecule has 1 N–H and O–H groups in total. The molecule has 0 unspecified atom stereocenters. The van der Waals surface area contributed by atoms with Gasteiger partial charge in [0.2, 0.25) is 0 Å². The molecule has 114 valence electrons. The van der Waals surface area contributed by atoms with Crippen molar-refractivity contribution in [2.24, 2.45) is 7.05 Å². The zero-order valence-electron chi connectivity index (χ0n) is 12.6. The first kappa shape index (κ1) is 14.5. The van der Waals surface area contributed by atoms with E-state index in [1.807, 2.05) is 36.9 Å². The first-order valence-corrected chi connectivity index (χ1v) is 7.15. The van der Waals surface area contributed by atoms with Crippen LogP contribution in [0.4, 0.5) is 4.39 Å². The molecule has 3 rings (SSSR count). The Bertz CT molecular complexity index is 745. The molecule has 2 heterocycles. The van der Waals surface area contributed by atoms with Crippen LogP contribution < -0.4 is 5.32 Å². The van der Waals surface area contributed by atoms with Gasteiger partial charge in [-0.05, 0) is 36.8 Å². The molecule has 1 atom stereocenters. The lowest BCUT2D eigenvalue weighted by Gasteiger charge is -2.18. The second kappa shape index (κ2) is 6.15. The molecule has 4 nitrogen and oxygen atoms in total. The van der Waals surface area contributed by atoms with Gasteiger partial charge in [-0.2, -0.15) is 0 Å². The van der Waals surface area contributed by atoms with Crippen molar-refractivity contribution in [1.82, 2.24) is 14.9 Å². The molecular formula is C17H18FN3O. The van der Waals surface area contributed by atoms with Crippen molar-refractivity contribution in [2.75, 3.05) is 0 Å². The lowest BCUT2D eigenvalue weighted by atomic mass is 10.1. The highest BCUT2D eigenvalue weighted by Crippen LogP contribution is 2.21. The third-order valence-corrected chi connectivity index (χ3v) is 3.60. The van der Waals surface area contributed by atoms with Crippen molar-refractivity contribution in [3.63, 3.8) is 0 Å². The number of nitrogens with zero attached hydrogens (tertiary/aromatic N) is 2. The lowest BCUT2D eigenvalue weighted by molar-refractivity contribution is 0.443. The zero-order chi connectivity index (χ0) is 15.5. The van der Waals surface area contributed by atoms with Crippen LogP contribution in [0, 0.1) is 12.7 Å². The minimum absolute atomic E-state index is 0.133. The van der Waals surface area contributed by atoms with E-state index < -0.39 is 0 Å². The molecule has 22 heavy (non-hydrogen) atoms. The van der Waals surface area contributed by atoms with Crippen LogP contribution in [0.1, 0.15) is 29.0 Å². The van der Waals surface area contributed by atoms with Gasteiger partial charge < -0.3 is 8.98 Å². The fraction of sp³-hybridized carbons (Fsp3) is 0.235. The summed E-state index contributed by atoms with van der Waals surface area (Å²) in [5.41, 5.74) is 0.957. The maximum Gasteiger partial charge on any atom is 0.130 e. The van der Waals surface area contributed by atoms with Crippen molar-refractivity contribution in [2.45, 2.75) is 19.5 Å². The Morgan fingerprint density at radius 3 is 2.59 bits per heavy atom. The lowest BCUT2D eigenvalue weighted by Crippen LogP contribution is -2.24. The summed E-state index contributed by atoms with van der Waals surface area (Å²) < 4.78 is 20.7. The predicted molar refractivity (Wildman–Crippen MR) is 81.7 cm³/mol. The summed E-state index contributed by atoms with van der Waals surface area (Å²) in [5.74, 6) is 2.37.